The summed E-state index contributed by atoms with van der Waals surface area (Å²) in [7, 11) is 0. The first-order valence-corrected chi connectivity index (χ1v) is 4.06. The van der Waals surface area contributed by atoms with E-state index in [1.165, 1.54) is 10.8 Å². The zero-order chi connectivity index (χ0) is 9.97. The van der Waals surface area contributed by atoms with Crippen LogP contribution in [0.25, 0.3) is 5.78 Å². The molecule has 1 N–H and O–H groups in total. The fourth-order valence-electron chi connectivity index (χ4n) is 1.13. The largest absolute Gasteiger partial charge is 0.389 e. The number of aromatic nitrogens is 4. The number of nitrogens with zero attached hydrogens (tertiary/aromatic N) is 4. The van der Waals surface area contributed by atoms with E-state index in [2.05, 4.69) is 15.1 Å². The molecule has 0 saturated heterocycles. The lowest BCUT2D eigenvalue weighted by Crippen LogP contribution is -2.08. The van der Waals surface area contributed by atoms with E-state index in [0.29, 0.717) is 11.3 Å². The summed E-state index contributed by atoms with van der Waals surface area (Å²) in [5, 5.41) is 12.4. The van der Waals surface area contributed by atoms with Crippen LogP contribution in [0.5, 0.6) is 0 Å². The molecule has 0 aromatic carbocycles. The molecular formula is C8H8N4O2. The van der Waals surface area contributed by atoms with Gasteiger partial charge in [0.15, 0.2) is 5.78 Å². The molecular weight excluding hydrogens is 184 g/mol. The predicted octanol–water partition coefficient (Wildman–Crippen LogP) is -0.772. The van der Waals surface area contributed by atoms with Gasteiger partial charge in [-0.2, -0.15) is 10.1 Å². The van der Waals surface area contributed by atoms with Gasteiger partial charge in [0.25, 0.3) is 5.78 Å². The van der Waals surface area contributed by atoms with Crippen LogP contribution >= 0.6 is 0 Å². The fraction of sp³-hybridized carbons (Fsp3) is 0.250. The molecule has 0 atom stereocenters. The van der Waals surface area contributed by atoms with E-state index in [-0.39, 0.29) is 12.2 Å². The third-order valence-corrected chi connectivity index (χ3v) is 1.77. The molecule has 2 heterocycles. The minimum atomic E-state index is -0.449. The molecule has 0 amide bonds. The third kappa shape index (κ3) is 1.60. The average Bonchev–Trinajstić information content (AvgIpc) is 2.64. The number of carbonyl (C=O) groups is 1. The molecule has 6 nitrogen and oxygen atoms in total. The Bertz CT molecular complexity index is 465. The van der Waals surface area contributed by atoms with Crippen LogP contribution < -0.4 is 0 Å². The summed E-state index contributed by atoms with van der Waals surface area (Å²) in [5.41, 5.74) is 0.710. The SMILES string of the molecule is O=C(CO)Cc1cnc2ncnn2c1. The molecule has 2 aromatic rings. The zero-order valence-electron chi connectivity index (χ0n) is 7.29. The molecule has 14 heavy (non-hydrogen) atoms. The summed E-state index contributed by atoms with van der Waals surface area (Å²) in [6.45, 7) is -0.449. The Balaban J connectivity index is 2.30. The number of carbonyl (C=O) groups excluding carboxylic acids is 1. The lowest BCUT2D eigenvalue weighted by Gasteiger charge is -1.97. The number of hydrogen-bond donors (Lipinski definition) is 1. The molecule has 0 aliphatic rings. The molecule has 2 aromatic heterocycles. The van der Waals surface area contributed by atoms with Gasteiger partial charge in [0.1, 0.15) is 12.9 Å². The van der Waals surface area contributed by atoms with Crippen LogP contribution in [0.4, 0.5) is 0 Å². The Morgan fingerprint density at radius 2 is 2.36 bits per heavy atom. The lowest BCUT2D eigenvalue weighted by molar-refractivity contribution is -0.121. The van der Waals surface area contributed by atoms with E-state index in [1.54, 1.807) is 12.4 Å². The minimum absolute atomic E-state index is 0.166. The van der Waals surface area contributed by atoms with Gasteiger partial charge in [-0.05, 0) is 5.56 Å². The Hall–Kier alpha value is -1.82. The van der Waals surface area contributed by atoms with E-state index in [4.69, 9.17) is 5.11 Å². The highest BCUT2D eigenvalue weighted by Crippen LogP contribution is 2.00. The quantitative estimate of drug-likeness (QED) is 0.690. The third-order valence-electron chi connectivity index (χ3n) is 1.77. The highest BCUT2D eigenvalue weighted by atomic mass is 16.3. The van der Waals surface area contributed by atoms with E-state index in [9.17, 15) is 4.79 Å². The van der Waals surface area contributed by atoms with E-state index in [0.717, 1.165) is 0 Å². The van der Waals surface area contributed by atoms with Crippen molar-refractivity contribution in [2.24, 2.45) is 0 Å². The van der Waals surface area contributed by atoms with Gasteiger partial charge in [-0.25, -0.2) is 9.50 Å². The molecule has 0 radical (unpaired) electrons. The van der Waals surface area contributed by atoms with Crippen molar-refractivity contribution in [2.75, 3.05) is 6.61 Å². The van der Waals surface area contributed by atoms with Crippen molar-refractivity contribution in [1.29, 1.82) is 0 Å². The number of fused-ring (bicyclic) bond motifs is 1. The smallest absolute Gasteiger partial charge is 0.252 e. The van der Waals surface area contributed by atoms with Crippen molar-refractivity contribution in [3.63, 3.8) is 0 Å². The standard InChI is InChI=1S/C8H8N4O2/c13-4-7(14)1-6-2-9-8-10-5-11-12(8)3-6/h2-3,5,13H,1,4H2. The highest BCUT2D eigenvalue weighted by molar-refractivity contribution is 5.81. The summed E-state index contributed by atoms with van der Waals surface area (Å²) in [4.78, 5) is 18.8. The van der Waals surface area contributed by atoms with Gasteiger partial charge in [-0.1, -0.05) is 0 Å². The molecule has 0 spiro atoms. The Kier molecular flexibility index (Phi) is 2.19. The maximum Gasteiger partial charge on any atom is 0.252 e. The Morgan fingerprint density at radius 3 is 3.14 bits per heavy atom. The maximum absolute atomic E-state index is 10.9. The maximum atomic E-state index is 10.9. The minimum Gasteiger partial charge on any atom is -0.389 e. The monoisotopic (exact) mass is 192 g/mol. The summed E-state index contributed by atoms with van der Waals surface area (Å²) in [5.74, 6) is 0.247. The summed E-state index contributed by atoms with van der Waals surface area (Å²) in [6, 6.07) is 0. The second-order valence-corrected chi connectivity index (χ2v) is 2.84. The number of ketones is 1. The predicted molar refractivity (Wildman–Crippen MR) is 46.6 cm³/mol. The average molecular weight is 192 g/mol. The van der Waals surface area contributed by atoms with Gasteiger partial charge >= 0.3 is 0 Å². The second-order valence-electron chi connectivity index (χ2n) is 2.84. The first-order valence-electron chi connectivity index (χ1n) is 4.06. The molecule has 2 rings (SSSR count). The van der Waals surface area contributed by atoms with Gasteiger partial charge in [0, 0.05) is 18.8 Å². The molecule has 0 bridgehead atoms. The number of aliphatic hydroxyl groups excluding tert-OH is 1. The molecule has 0 aliphatic carbocycles. The van der Waals surface area contributed by atoms with Gasteiger partial charge < -0.3 is 5.11 Å². The van der Waals surface area contributed by atoms with Crippen molar-refractivity contribution >= 4 is 11.6 Å². The van der Waals surface area contributed by atoms with Gasteiger partial charge in [-0.15, -0.1) is 0 Å². The van der Waals surface area contributed by atoms with E-state index in [1.807, 2.05) is 0 Å². The molecule has 0 saturated carbocycles. The Labute approximate surface area is 79.2 Å². The van der Waals surface area contributed by atoms with E-state index < -0.39 is 6.61 Å². The van der Waals surface area contributed by atoms with Gasteiger partial charge in [-0.3, -0.25) is 4.79 Å². The van der Waals surface area contributed by atoms with Crippen molar-refractivity contribution < 1.29 is 9.90 Å². The summed E-state index contributed by atoms with van der Waals surface area (Å²) >= 11 is 0. The first-order chi connectivity index (χ1) is 6.79. The topological polar surface area (TPSA) is 80.4 Å². The van der Waals surface area contributed by atoms with Crippen LogP contribution in [0.3, 0.4) is 0 Å². The first kappa shape index (κ1) is 8.76. The molecule has 6 heteroatoms. The Morgan fingerprint density at radius 1 is 1.50 bits per heavy atom. The number of hydrogen-bond acceptors (Lipinski definition) is 5. The lowest BCUT2D eigenvalue weighted by atomic mass is 10.2. The zero-order valence-corrected chi connectivity index (χ0v) is 7.29. The number of rotatable bonds is 3. The van der Waals surface area contributed by atoms with E-state index >= 15 is 0 Å². The van der Waals surface area contributed by atoms with Crippen molar-refractivity contribution in [3.05, 3.63) is 24.3 Å². The molecule has 0 aliphatic heterocycles. The normalized spacial score (nSPS) is 10.6. The van der Waals surface area contributed by atoms with Gasteiger partial charge in [0.05, 0.1) is 0 Å². The van der Waals surface area contributed by atoms with Crippen LogP contribution in [-0.2, 0) is 11.2 Å². The van der Waals surface area contributed by atoms with Crippen LogP contribution in [0, 0.1) is 0 Å². The van der Waals surface area contributed by atoms with Gasteiger partial charge in [0.2, 0.25) is 0 Å². The highest BCUT2D eigenvalue weighted by Gasteiger charge is 2.04. The van der Waals surface area contributed by atoms with Crippen LogP contribution in [0.15, 0.2) is 18.7 Å². The second kappa shape index (κ2) is 3.51. The van der Waals surface area contributed by atoms with Crippen molar-refractivity contribution in [2.45, 2.75) is 6.42 Å². The molecule has 0 unspecified atom stereocenters. The molecule has 72 valence electrons. The van der Waals surface area contributed by atoms with Crippen molar-refractivity contribution in [1.82, 2.24) is 19.6 Å². The summed E-state index contributed by atoms with van der Waals surface area (Å²) in [6.07, 6.45) is 4.78. The fourth-order valence-corrected chi connectivity index (χ4v) is 1.13. The molecule has 0 fully saturated rings. The number of Topliss-reactive ketones (excluding diaryl/α,β-unsaturated/α-hetero) is 1. The van der Waals surface area contributed by atoms with Crippen LogP contribution in [0.2, 0.25) is 0 Å². The van der Waals surface area contributed by atoms with Crippen LogP contribution in [0.1, 0.15) is 5.56 Å². The summed E-state index contributed by atoms with van der Waals surface area (Å²) < 4.78 is 1.49. The van der Waals surface area contributed by atoms with Crippen molar-refractivity contribution in [3.8, 4) is 0 Å². The van der Waals surface area contributed by atoms with Crippen LogP contribution in [-0.4, -0.2) is 37.1 Å². The number of aliphatic hydroxyl groups is 1.